The fraction of sp³-hybridized carbons (Fsp3) is 0.417. The van der Waals surface area contributed by atoms with E-state index in [1.165, 1.54) is 6.07 Å². The first-order chi connectivity index (χ1) is 7.99. The highest BCUT2D eigenvalue weighted by Crippen LogP contribution is 2.09. The summed E-state index contributed by atoms with van der Waals surface area (Å²) in [6, 6.07) is 3.10. The van der Waals surface area contributed by atoms with Crippen molar-refractivity contribution in [1.82, 2.24) is 5.48 Å². The van der Waals surface area contributed by atoms with Gasteiger partial charge in [-0.25, -0.2) is 14.3 Å². The molecule has 0 heterocycles. The lowest BCUT2D eigenvalue weighted by atomic mass is 10.1. The van der Waals surface area contributed by atoms with Gasteiger partial charge < -0.3 is 0 Å². The number of hydrogen-bond donors (Lipinski definition) is 1. The van der Waals surface area contributed by atoms with E-state index in [4.69, 9.17) is 4.84 Å². The van der Waals surface area contributed by atoms with Gasteiger partial charge in [0, 0.05) is 6.07 Å². The van der Waals surface area contributed by atoms with Crippen LogP contribution in [0.1, 0.15) is 19.4 Å². The Morgan fingerprint density at radius 3 is 2.71 bits per heavy atom. The SMILES string of the molecule is CC(C)CONC(=O)Cc1ccc(F)cc1F. The van der Waals surface area contributed by atoms with Gasteiger partial charge in [-0.2, -0.15) is 0 Å². The standard InChI is InChI=1S/C12H15F2NO2/c1-8(2)7-17-15-12(16)5-9-3-4-10(13)6-11(9)14/h3-4,6,8H,5,7H2,1-2H3,(H,15,16). The Kier molecular flexibility index (Phi) is 5.03. The van der Waals surface area contributed by atoms with Crippen LogP contribution in [-0.2, 0) is 16.1 Å². The zero-order valence-corrected chi connectivity index (χ0v) is 9.80. The number of hydrogen-bond acceptors (Lipinski definition) is 2. The van der Waals surface area contributed by atoms with Crippen LogP contribution >= 0.6 is 0 Å². The second kappa shape index (κ2) is 6.30. The van der Waals surface area contributed by atoms with Crippen molar-refractivity contribution in [3.63, 3.8) is 0 Å². The zero-order valence-electron chi connectivity index (χ0n) is 9.80. The zero-order chi connectivity index (χ0) is 12.8. The molecule has 1 N–H and O–H groups in total. The quantitative estimate of drug-likeness (QED) is 0.805. The Balaban J connectivity index is 2.45. The smallest absolute Gasteiger partial charge is 0.248 e. The molecule has 0 saturated heterocycles. The van der Waals surface area contributed by atoms with E-state index in [0.717, 1.165) is 12.1 Å². The maximum Gasteiger partial charge on any atom is 0.248 e. The molecule has 0 aromatic heterocycles. The lowest BCUT2D eigenvalue weighted by molar-refractivity contribution is -0.133. The van der Waals surface area contributed by atoms with Crippen molar-refractivity contribution in [3.8, 4) is 0 Å². The monoisotopic (exact) mass is 243 g/mol. The lowest BCUT2D eigenvalue weighted by Crippen LogP contribution is -2.27. The van der Waals surface area contributed by atoms with Gasteiger partial charge in [-0.15, -0.1) is 0 Å². The van der Waals surface area contributed by atoms with E-state index >= 15 is 0 Å². The van der Waals surface area contributed by atoms with E-state index in [1.807, 2.05) is 13.8 Å². The third-order valence-corrected chi connectivity index (χ3v) is 1.97. The van der Waals surface area contributed by atoms with Crippen molar-refractivity contribution < 1.29 is 18.4 Å². The summed E-state index contributed by atoms with van der Waals surface area (Å²) in [6.45, 7) is 4.26. The third-order valence-electron chi connectivity index (χ3n) is 1.97. The van der Waals surface area contributed by atoms with Gasteiger partial charge in [0.1, 0.15) is 11.6 Å². The molecule has 5 heteroatoms. The summed E-state index contributed by atoms with van der Waals surface area (Å²) >= 11 is 0. The Morgan fingerprint density at radius 2 is 2.12 bits per heavy atom. The highest BCUT2D eigenvalue weighted by molar-refractivity contribution is 5.77. The average molecular weight is 243 g/mol. The molecular weight excluding hydrogens is 228 g/mol. The molecule has 0 spiro atoms. The van der Waals surface area contributed by atoms with Crippen LogP contribution in [0.3, 0.4) is 0 Å². The van der Waals surface area contributed by atoms with Crippen molar-refractivity contribution in [2.75, 3.05) is 6.61 Å². The minimum Gasteiger partial charge on any atom is -0.273 e. The van der Waals surface area contributed by atoms with Crippen molar-refractivity contribution in [3.05, 3.63) is 35.4 Å². The summed E-state index contributed by atoms with van der Waals surface area (Å²) in [6.07, 6.45) is -0.176. The normalized spacial score (nSPS) is 10.6. The molecule has 0 aliphatic rings. The molecule has 0 bridgehead atoms. The van der Waals surface area contributed by atoms with Gasteiger partial charge in [0.05, 0.1) is 13.0 Å². The Bertz CT molecular complexity index is 394. The summed E-state index contributed by atoms with van der Waals surface area (Å²) in [5, 5.41) is 0. The number of amides is 1. The average Bonchev–Trinajstić information content (AvgIpc) is 2.21. The molecule has 0 saturated carbocycles. The predicted octanol–water partition coefficient (Wildman–Crippen LogP) is 2.21. The molecule has 0 radical (unpaired) electrons. The van der Waals surface area contributed by atoms with Crippen LogP contribution in [-0.4, -0.2) is 12.5 Å². The van der Waals surface area contributed by atoms with Crippen LogP contribution in [0.2, 0.25) is 0 Å². The van der Waals surface area contributed by atoms with Gasteiger partial charge in [0.2, 0.25) is 5.91 Å². The molecule has 0 atom stereocenters. The topological polar surface area (TPSA) is 38.3 Å². The third kappa shape index (κ3) is 4.91. The fourth-order valence-electron chi connectivity index (χ4n) is 1.16. The maximum absolute atomic E-state index is 13.2. The molecule has 17 heavy (non-hydrogen) atoms. The van der Waals surface area contributed by atoms with Gasteiger partial charge in [0.25, 0.3) is 0 Å². The molecule has 0 aliphatic carbocycles. The molecule has 1 rings (SSSR count). The number of benzene rings is 1. The highest BCUT2D eigenvalue weighted by atomic mass is 19.1. The minimum absolute atomic E-state index is 0.136. The molecule has 3 nitrogen and oxygen atoms in total. The number of carbonyl (C=O) groups is 1. The van der Waals surface area contributed by atoms with Crippen LogP contribution in [0.5, 0.6) is 0 Å². The second-order valence-corrected chi connectivity index (χ2v) is 4.14. The Morgan fingerprint density at radius 1 is 1.41 bits per heavy atom. The number of hydroxylamine groups is 1. The molecule has 0 aliphatic heterocycles. The largest absolute Gasteiger partial charge is 0.273 e. The fourth-order valence-corrected chi connectivity index (χ4v) is 1.16. The first-order valence-electron chi connectivity index (χ1n) is 5.33. The van der Waals surface area contributed by atoms with E-state index in [-0.39, 0.29) is 17.9 Å². The first kappa shape index (κ1) is 13.6. The Labute approximate surface area is 98.7 Å². The van der Waals surface area contributed by atoms with E-state index in [2.05, 4.69) is 5.48 Å². The molecule has 0 unspecified atom stereocenters. The van der Waals surface area contributed by atoms with E-state index < -0.39 is 17.5 Å². The number of nitrogens with one attached hydrogen (secondary N) is 1. The van der Waals surface area contributed by atoms with Crippen LogP contribution < -0.4 is 5.48 Å². The van der Waals surface area contributed by atoms with Crippen molar-refractivity contribution in [2.45, 2.75) is 20.3 Å². The number of carbonyl (C=O) groups excluding carboxylic acids is 1. The minimum atomic E-state index is -0.732. The summed E-state index contributed by atoms with van der Waals surface area (Å²) in [7, 11) is 0. The van der Waals surface area contributed by atoms with Gasteiger partial charge in [0.15, 0.2) is 0 Å². The molecule has 94 valence electrons. The van der Waals surface area contributed by atoms with Crippen LogP contribution in [0.4, 0.5) is 8.78 Å². The molecular formula is C12H15F2NO2. The van der Waals surface area contributed by atoms with Crippen LogP contribution in [0, 0.1) is 17.6 Å². The van der Waals surface area contributed by atoms with Crippen LogP contribution in [0.25, 0.3) is 0 Å². The molecule has 1 aromatic rings. The van der Waals surface area contributed by atoms with Crippen molar-refractivity contribution in [1.29, 1.82) is 0 Å². The number of halogens is 2. The van der Waals surface area contributed by atoms with E-state index in [9.17, 15) is 13.6 Å². The van der Waals surface area contributed by atoms with Crippen LogP contribution in [0.15, 0.2) is 18.2 Å². The van der Waals surface area contributed by atoms with Gasteiger partial charge >= 0.3 is 0 Å². The second-order valence-electron chi connectivity index (χ2n) is 4.14. The molecule has 1 aromatic carbocycles. The maximum atomic E-state index is 13.2. The van der Waals surface area contributed by atoms with Gasteiger partial charge in [-0.1, -0.05) is 19.9 Å². The summed E-state index contributed by atoms with van der Waals surface area (Å²) in [5.41, 5.74) is 2.34. The van der Waals surface area contributed by atoms with Crippen molar-refractivity contribution >= 4 is 5.91 Å². The summed E-state index contributed by atoms with van der Waals surface area (Å²) in [5.74, 6) is -1.57. The van der Waals surface area contributed by atoms with Crippen molar-refractivity contribution in [2.24, 2.45) is 5.92 Å². The van der Waals surface area contributed by atoms with E-state index in [1.54, 1.807) is 0 Å². The summed E-state index contributed by atoms with van der Waals surface area (Å²) < 4.78 is 25.8. The highest BCUT2D eigenvalue weighted by Gasteiger charge is 2.09. The number of rotatable bonds is 5. The van der Waals surface area contributed by atoms with Gasteiger partial charge in [-0.05, 0) is 17.5 Å². The molecule has 1 amide bonds. The predicted molar refractivity (Wildman–Crippen MR) is 59.0 cm³/mol. The molecule has 0 fully saturated rings. The van der Waals surface area contributed by atoms with E-state index in [0.29, 0.717) is 6.61 Å². The summed E-state index contributed by atoms with van der Waals surface area (Å²) in [4.78, 5) is 16.2. The Hall–Kier alpha value is -1.49. The van der Waals surface area contributed by atoms with Gasteiger partial charge in [-0.3, -0.25) is 9.63 Å². The first-order valence-corrected chi connectivity index (χ1v) is 5.33. The lowest BCUT2D eigenvalue weighted by Gasteiger charge is -2.08.